The SMILES string of the molecule is O=C(CCS(=O)(=O)c1ccccc1)Nc1cc[nH]c(=O)c1. The first-order valence-corrected chi connectivity index (χ1v) is 7.89. The number of pyridine rings is 1. The lowest BCUT2D eigenvalue weighted by atomic mass is 10.3. The number of hydrogen-bond acceptors (Lipinski definition) is 4. The smallest absolute Gasteiger partial charge is 0.249 e. The van der Waals surface area contributed by atoms with Gasteiger partial charge in [0.1, 0.15) is 0 Å². The Morgan fingerprint density at radius 1 is 1.14 bits per heavy atom. The lowest BCUT2D eigenvalue weighted by Crippen LogP contribution is -2.18. The number of amides is 1. The number of aromatic amines is 1. The Morgan fingerprint density at radius 3 is 2.52 bits per heavy atom. The zero-order chi connectivity index (χ0) is 15.3. The van der Waals surface area contributed by atoms with Gasteiger partial charge in [-0.05, 0) is 18.2 Å². The van der Waals surface area contributed by atoms with Gasteiger partial charge in [0.25, 0.3) is 0 Å². The summed E-state index contributed by atoms with van der Waals surface area (Å²) in [7, 11) is -3.48. The van der Waals surface area contributed by atoms with Gasteiger partial charge in [-0.2, -0.15) is 0 Å². The normalized spacial score (nSPS) is 11.0. The Kier molecular flexibility index (Phi) is 4.54. The fraction of sp³-hybridized carbons (Fsp3) is 0.143. The largest absolute Gasteiger partial charge is 0.329 e. The third-order valence-corrected chi connectivity index (χ3v) is 4.49. The van der Waals surface area contributed by atoms with Crippen molar-refractivity contribution >= 4 is 21.4 Å². The molecule has 0 fully saturated rings. The van der Waals surface area contributed by atoms with Crippen LogP contribution in [-0.2, 0) is 14.6 Å². The molecule has 0 radical (unpaired) electrons. The minimum absolute atomic E-state index is 0.177. The van der Waals surface area contributed by atoms with Gasteiger partial charge in [0.05, 0.1) is 10.6 Å². The molecule has 21 heavy (non-hydrogen) atoms. The fourth-order valence-corrected chi connectivity index (χ4v) is 2.98. The molecule has 110 valence electrons. The molecule has 1 aromatic carbocycles. The van der Waals surface area contributed by atoms with Gasteiger partial charge in [0.15, 0.2) is 9.84 Å². The van der Waals surface area contributed by atoms with Gasteiger partial charge >= 0.3 is 0 Å². The topological polar surface area (TPSA) is 96.1 Å². The van der Waals surface area contributed by atoms with Crippen LogP contribution in [-0.4, -0.2) is 25.1 Å². The number of rotatable bonds is 5. The van der Waals surface area contributed by atoms with Crippen molar-refractivity contribution in [2.24, 2.45) is 0 Å². The summed E-state index contributed by atoms with van der Waals surface area (Å²) in [5.41, 5.74) is -0.00874. The van der Waals surface area contributed by atoms with Gasteiger partial charge in [0.2, 0.25) is 11.5 Å². The van der Waals surface area contributed by atoms with E-state index in [1.807, 2.05) is 0 Å². The second-order valence-electron chi connectivity index (χ2n) is 4.37. The van der Waals surface area contributed by atoms with Crippen molar-refractivity contribution in [1.29, 1.82) is 0 Å². The van der Waals surface area contributed by atoms with Gasteiger partial charge in [-0.25, -0.2) is 8.42 Å². The van der Waals surface area contributed by atoms with Crippen molar-refractivity contribution in [3.8, 4) is 0 Å². The second kappa shape index (κ2) is 6.36. The van der Waals surface area contributed by atoms with E-state index in [4.69, 9.17) is 0 Å². The minimum Gasteiger partial charge on any atom is -0.329 e. The predicted molar refractivity (Wildman–Crippen MR) is 78.8 cm³/mol. The molecule has 0 atom stereocenters. The van der Waals surface area contributed by atoms with Crippen molar-refractivity contribution in [1.82, 2.24) is 4.98 Å². The number of sulfone groups is 1. The highest BCUT2D eigenvalue weighted by molar-refractivity contribution is 7.91. The summed E-state index contributed by atoms with van der Waals surface area (Å²) in [6, 6.07) is 10.7. The number of hydrogen-bond donors (Lipinski definition) is 2. The third kappa shape index (κ3) is 4.28. The van der Waals surface area contributed by atoms with E-state index in [0.717, 1.165) is 0 Å². The lowest BCUT2D eigenvalue weighted by Gasteiger charge is -2.06. The van der Waals surface area contributed by atoms with Crippen LogP contribution in [0.25, 0.3) is 0 Å². The van der Waals surface area contributed by atoms with Crippen LogP contribution in [0.3, 0.4) is 0 Å². The van der Waals surface area contributed by atoms with Crippen LogP contribution in [0, 0.1) is 0 Å². The molecule has 1 aromatic heterocycles. The minimum atomic E-state index is -3.48. The quantitative estimate of drug-likeness (QED) is 0.867. The number of carbonyl (C=O) groups is 1. The summed E-state index contributed by atoms with van der Waals surface area (Å²) in [5.74, 6) is -0.744. The molecule has 0 saturated heterocycles. The zero-order valence-electron chi connectivity index (χ0n) is 11.1. The highest BCUT2D eigenvalue weighted by Crippen LogP contribution is 2.11. The van der Waals surface area contributed by atoms with Crippen molar-refractivity contribution in [3.05, 3.63) is 59.0 Å². The fourth-order valence-electron chi connectivity index (χ4n) is 1.72. The Balaban J connectivity index is 1.97. The Bertz CT molecular complexity index is 782. The maximum atomic E-state index is 12.0. The predicted octanol–water partition coefficient (Wildman–Crippen LogP) is 1.18. The number of carbonyl (C=O) groups excluding carboxylic acids is 1. The second-order valence-corrected chi connectivity index (χ2v) is 6.48. The summed E-state index contributed by atoms with van der Waals surface area (Å²) < 4.78 is 24.0. The molecule has 2 aromatic rings. The number of aromatic nitrogens is 1. The molecule has 1 amide bonds. The Hall–Kier alpha value is -2.41. The number of anilines is 1. The molecule has 0 spiro atoms. The summed E-state index contributed by atoms with van der Waals surface area (Å²) in [6.07, 6.45) is 1.22. The molecular formula is C14H14N2O4S. The van der Waals surface area contributed by atoms with Crippen molar-refractivity contribution in [2.75, 3.05) is 11.1 Å². The molecule has 7 heteroatoms. The third-order valence-electron chi connectivity index (χ3n) is 2.76. The van der Waals surface area contributed by atoms with Gasteiger partial charge in [-0.15, -0.1) is 0 Å². The van der Waals surface area contributed by atoms with Gasteiger partial charge < -0.3 is 10.3 Å². The van der Waals surface area contributed by atoms with Crippen molar-refractivity contribution in [3.63, 3.8) is 0 Å². The van der Waals surface area contributed by atoms with E-state index in [0.29, 0.717) is 5.69 Å². The summed E-state index contributed by atoms with van der Waals surface area (Å²) in [6.45, 7) is 0. The average Bonchev–Trinajstić information content (AvgIpc) is 2.46. The highest BCUT2D eigenvalue weighted by atomic mass is 32.2. The van der Waals surface area contributed by atoms with Crippen LogP contribution in [0.4, 0.5) is 5.69 Å². The van der Waals surface area contributed by atoms with E-state index in [9.17, 15) is 18.0 Å². The summed E-state index contributed by atoms with van der Waals surface area (Å²) in [4.78, 5) is 25.4. The van der Waals surface area contributed by atoms with Crippen LogP contribution in [0.15, 0.2) is 58.4 Å². The molecule has 0 unspecified atom stereocenters. The van der Waals surface area contributed by atoms with E-state index >= 15 is 0 Å². The van der Waals surface area contributed by atoms with Crippen LogP contribution in [0.5, 0.6) is 0 Å². The van der Waals surface area contributed by atoms with E-state index in [1.54, 1.807) is 18.2 Å². The van der Waals surface area contributed by atoms with E-state index in [2.05, 4.69) is 10.3 Å². The molecule has 2 rings (SSSR count). The average molecular weight is 306 g/mol. The van der Waals surface area contributed by atoms with Gasteiger partial charge in [0, 0.05) is 24.4 Å². The summed E-state index contributed by atoms with van der Waals surface area (Å²) >= 11 is 0. The maximum absolute atomic E-state index is 12.0. The van der Waals surface area contributed by atoms with E-state index < -0.39 is 15.7 Å². The molecular weight excluding hydrogens is 292 g/mol. The molecule has 0 aliphatic rings. The molecule has 2 N–H and O–H groups in total. The number of benzene rings is 1. The molecule has 0 aliphatic heterocycles. The molecule has 0 saturated carbocycles. The number of nitrogens with one attached hydrogen (secondary N) is 2. The molecule has 6 nitrogen and oxygen atoms in total. The van der Waals surface area contributed by atoms with Crippen LogP contribution >= 0.6 is 0 Å². The first-order valence-electron chi connectivity index (χ1n) is 6.24. The van der Waals surface area contributed by atoms with E-state index in [-0.39, 0.29) is 22.6 Å². The van der Waals surface area contributed by atoms with Crippen LogP contribution in [0.1, 0.15) is 6.42 Å². The molecule has 0 bridgehead atoms. The van der Waals surface area contributed by atoms with Gasteiger partial charge in [-0.3, -0.25) is 9.59 Å². The van der Waals surface area contributed by atoms with Gasteiger partial charge in [-0.1, -0.05) is 18.2 Å². The monoisotopic (exact) mass is 306 g/mol. The van der Waals surface area contributed by atoms with Crippen molar-refractivity contribution in [2.45, 2.75) is 11.3 Å². The Morgan fingerprint density at radius 2 is 1.86 bits per heavy atom. The first-order chi connectivity index (χ1) is 9.97. The van der Waals surface area contributed by atoms with Crippen molar-refractivity contribution < 1.29 is 13.2 Å². The standard InChI is InChI=1S/C14H14N2O4S/c17-13(16-11-6-8-15-14(18)10-11)7-9-21(19,20)12-4-2-1-3-5-12/h1-6,8,10H,7,9H2,(H2,15,16,17,18). The van der Waals surface area contributed by atoms with Crippen LogP contribution < -0.4 is 10.9 Å². The zero-order valence-corrected chi connectivity index (χ0v) is 11.9. The lowest BCUT2D eigenvalue weighted by molar-refractivity contribution is -0.115. The molecule has 0 aliphatic carbocycles. The first kappa shape index (κ1) is 15.0. The van der Waals surface area contributed by atoms with E-state index in [1.165, 1.54) is 30.5 Å². The van der Waals surface area contributed by atoms with Crippen LogP contribution in [0.2, 0.25) is 0 Å². The number of H-pyrrole nitrogens is 1. The Labute approximate surface area is 121 Å². The summed E-state index contributed by atoms with van der Waals surface area (Å²) in [5, 5.41) is 2.48. The highest BCUT2D eigenvalue weighted by Gasteiger charge is 2.16. The maximum Gasteiger partial charge on any atom is 0.249 e. The molecule has 1 heterocycles.